The number of hydrogen-bond acceptors (Lipinski definition) is 5. The number of nitrogens with one attached hydrogen (secondary N) is 1. The van der Waals surface area contributed by atoms with Crippen molar-refractivity contribution in [2.24, 2.45) is 0 Å². The Morgan fingerprint density at radius 1 is 1.29 bits per heavy atom. The van der Waals surface area contributed by atoms with Crippen molar-refractivity contribution in [3.05, 3.63) is 39.8 Å². The Kier molecular flexibility index (Phi) is 4.80. The molecule has 0 atom stereocenters. The van der Waals surface area contributed by atoms with Gasteiger partial charge in [-0.05, 0) is 24.1 Å². The first-order valence-electron chi connectivity index (χ1n) is 8.17. The largest absolute Gasteiger partial charge is 0.453 e. The van der Waals surface area contributed by atoms with Gasteiger partial charge in [-0.15, -0.1) is 0 Å². The van der Waals surface area contributed by atoms with Crippen molar-refractivity contribution < 1.29 is 9.53 Å². The fourth-order valence-corrected chi connectivity index (χ4v) is 2.99. The molecule has 0 spiro atoms. The van der Waals surface area contributed by atoms with Gasteiger partial charge in [-0.25, -0.2) is 9.78 Å². The van der Waals surface area contributed by atoms with Crippen LogP contribution in [-0.2, 0) is 17.7 Å². The van der Waals surface area contributed by atoms with Gasteiger partial charge in [-0.3, -0.25) is 9.69 Å². The number of hydrogen-bond donors (Lipinski definition) is 1. The zero-order valence-electron chi connectivity index (χ0n) is 14.0. The minimum absolute atomic E-state index is 0.117. The average Bonchev–Trinajstić information content (AvgIpc) is 2.61. The molecule has 1 aliphatic heterocycles. The van der Waals surface area contributed by atoms with Crippen LogP contribution in [0.15, 0.2) is 23.0 Å². The smallest absolute Gasteiger partial charge is 0.409 e. The summed E-state index contributed by atoms with van der Waals surface area (Å²) in [7, 11) is 1.41. The van der Waals surface area contributed by atoms with Crippen LogP contribution in [0, 0.1) is 0 Å². The SMILES string of the molecule is CCc1nc2ccc(CN3CCN(C(=O)OC)CC3)cc2[nH]c1=O. The van der Waals surface area contributed by atoms with E-state index in [0.29, 0.717) is 25.2 Å². The fraction of sp³-hybridized carbons (Fsp3) is 0.471. The molecule has 1 saturated heterocycles. The Labute approximate surface area is 140 Å². The summed E-state index contributed by atoms with van der Waals surface area (Å²) in [5.41, 5.74) is 3.15. The number of benzene rings is 1. The molecule has 1 fully saturated rings. The first-order chi connectivity index (χ1) is 11.6. The highest BCUT2D eigenvalue weighted by molar-refractivity contribution is 5.74. The van der Waals surface area contributed by atoms with Crippen LogP contribution >= 0.6 is 0 Å². The lowest BCUT2D eigenvalue weighted by molar-refractivity contribution is 0.0889. The van der Waals surface area contributed by atoms with E-state index < -0.39 is 0 Å². The van der Waals surface area contributed by atoms with Crippen molar-refractivity contribution in [3.8, 4) is 0 Å². The van der Waals surface area contributed by atoms with E-state index in [0.717, 1.165) is 36.2 Å². The van der Waals surface area contributed by atoms with Gasteiger partial charge in [-0.1, -0.05) is 13.0 Å². The Balaban J connectivity index is 1.70. The number of fused-ring (bicyclic) bond motifs is 1. The molecule has 3 rings (SSSR count). The van der Waals surface area contributed by atoms with Gasteiger partial charge in [0, 0.05) is 32.7 Å². The maximum absolute atomic E-state index is 11.9. The Morgan fingerprint density at radius 2 is 2.04 bits per heavy atom. The first-order valence-corrected chi connectivity index (χ1v) is 8.17. The second-order valence-corrected chi connectivity index (χ2v) is 5.95. The fourth-order valence-electron chi connectivity index (χ4n) is 2.99. The first kappa shape index (κ1) is 16.4. The van der Waals surface area contributed by atoms with Gasteiger partial charge in [0.05, 0.1) is 18.1 Å². The zero-order chi connectivity index (χ0) is 17.1. The van der Waals surface area contributed by atoms with Crippen molar-refractivity contribution in [1.82, 2.24) is 19.8 Å². The van der Waals surface area contributed by atoms with E-state index in [-0.39, 0.29) is 11.7 Å². The van der Waals surface area contributed by atoms with E-state index >= 15 is 0 Å². The monoisotopic (exact) mass is 330 g/mol. The molecule has 7 nitrogen and oxygen atoms in total. The lowest BCUT2D eigenvalue weighted by Gasteiger charge is -2.33. The summed E-state index contributed by atoms with van der Waals surface area (Å²) in [5.74, 6) is 0. The number of aromatic amines is 1. The number of H-pyrrole nitrogens is 1. The van der Waals surface area contributed by atoms with E-state index in [2.05, 4.69) is 14.9 Å². The second kappa shape index (κ2) is 7.00. The lowest BCUT2D eigenvalue weighted by atomic mass is 10.1. The molecular weight excluding hydrogens is 308 g/mol. The predicted molar refractivity (Wildman–Crippen MR) is 91.0 cm³/mol. The third-order valence-corrected chi connectivity index (χ3v) is 4.37. The third-order valence-electron chi connectivity index (χ3n) is 4.37. The molecule has 0 bridgehead atoms. The number of nitrogens with zero attached hydrogens (tertiary/aromatic N) is 3. The molecule has 0 unspecified atom stereocenters. The van der Waals surface area contributed by atoms with Gasteiger partial charge in [0.2, 0.25) is 0 Å². The van der Waals surface area contributed by atoms with E-state index in [4.69, 9.17) is 4.74 Å². The van der Waals surface area contributed by atoms with Crippen LogP contribution < -0.4 is 5.56 Å². The van der Waals surface area contributed by atoms with Crippen LogP contribution in [0.2, 0.25) is 0 Å². The number of aromatic nitrogens is 2. The number of methoxy groups -OCH3 is 1. The normalized spacial score (nSPS) is 15.7. The van der Waals surface area contributed by atoms with Crippen LogP contribution in [0.3, 0.4) is 0 Å². The standard InChI is InChI=1S/C17H22N4O3/c1-3-13-16(22)19-15-10-12(4-5-14(15)18-13)11-20-6-8-21(9-7-20)17(23)24-2/h4-5,10H,3,6-9,11H2,1-2H3,(H,19,22). The van der Waals surface area contributed by atoms with Gasteiger partial charge in [0.15, 0.2) is 0 Å². The summed E-state index contributed by atoms with van der Waals surface area (Å²) in [6.45, 7) is 5.64. The topological polar surface area (TPSA) is 78.5 Å². The molecule has 2 heterocycles. The number of aryl methyl sites for hydroxylation is 1. The number of carbonyl (C=O) groups excluding carboxylic acids is 1. The van der Waals surface area contributed by atoms with Crippen LogP contribution in [0.25, 0.3) is 11.0 Å². The van der Waals surface area contributed by atoms with Crippen LogP contribution in [0.1, 0.15) is 18.2 Å². The minimum Gasteiger partial charge on any atom is -0.453 e. The zero-order valence-corrected chi connectivity index (χ0v) is 14.0. The molecule has 1 aliphatic rings. The quantitative estimate of drug-likeness (QED) is 0.919. The van der Waals surface area contributed by atoms with Crippen molar-refractivity contribution >= 4 is 17.1 Å². The van der Waals surface area contributed by atoms with Crippen molar-refractivity contribution in [2.75, 3.05) is 33.3 Å². The number of piperazine rings is 1. The molecule has 24 heavy (non-hydrogen) atoms. The van der Waals surface area contributed by atoms with Gasteiger partial charge >= 0.3 is 6.09 Å². The molecule has 0 saturated carbocycles. The van der Waals surface area contributed by atoms with Crippen molar-refractivity contribution in [1.29, 1.82) is 0 Å². The number of amides is 1. The van der Waals surface area contributed by atoms with Crippen molar-refractivity contribution in [3.63, 3.8) is 0 Å². The molecular formula is C17H22N4O3. The lowest BCUT2D eigenvalue weighted by Crippen LogP contribution is -2.48. The molecule has 1 aromatic carbocycles. The number of ether oxygens (including phenoxy) is 1. The minimum atomic E-state index is -0.268. The van der Waals surface area contributed by atoms with Crippen LogP contribution in [0.5, 0.6) is 0 Å². The molecule has 128 valence electrons. The third kappa shape index (κ3) is 3.41. The highest BCUT2D eigenvalue weighted by atomic mass is 16.5. The number of carbonyl (C=O) groups is 1. The highest BCUT2D eigenvalue weighted by Gasteiger charge is 2.21. The molecule has 1 aromatic heterocycles. The molecule has 2 aromatic rings. The highest BCUT2D eigenvalue weighted by Crippen LogP contribution is 2.14. The Bertz CT molecular complexity index is 794. The van der Waals surface area contributed by atoms with E-state index in [1.807, 2.05) is 25.1 Å². The summed E-state index contributed by atoms with van der Waals surface area (Å²) >= 11 is 0. The Hall–Kier alpha value is -2.41. The molecule has 1 amide bonds. The molecule has 7 heteroatoms. The second-order valence-electron chi connectivity index (χ2n) is 5.95. The maximum Gasteiger partial charge on any atom is 0.409 e. The van der Waals surface area contributed by atoms with Crippen LogP contribution in [0.4, 0.5) is 4.79 Å². The van der Waals surface area contributed by atoms with Crippen molar-refractivity contribution in [2.45, 2.75) is 19.9 Å². The summed E-state index contributed by atoms with van der Waals surface area (Å²) in [4.78, 5) is 34.7. The molecule has 0 radical (unpaired) electrons. The van der Waals surface area contributed by atoms with Crippen LogP contribution in [-0.4, -0.2) is 59.1 Å². The summed E-state index contributed by atoms with van der Waals surface area (Å²) in [6.07, 6.45) is 0.355. The van der Waals surface area contributed by atoms with E-state index in [1.54, 1.807) is 4.90 Å². The molecule has 0 aliphatic carbocycles. The summed E-state index contributed by atoms with van der Waals surface area (Å²) < 4.78 is 4.75. The van der Waals surface area contributed by atoms with Gasteiger partial charge in [0.1, 0.15) is 5.69 Å². The predicted octanol–water partition coefficient (Wildman–Crippen LogP) is 1.37. The summed E-state index contributed by atoms with van der Waals surface area (Å²) in [6, 6.07) is 5.97. The van der Waals surface area contributed by atoms with E-state index in [1.165, 1.54) is 7.11 Å². The average molecular weight is 330 g/mol. The number of rotatable bonds is 3. The van der Waals surface area contributed by atoms with Gasteiger partial charge in [-0.2, -0.15) is 0 Å². The van der Waals surface area contributed by atoms with Gasteiger partial charge < -0.3 is 14.6 Å². The maximum atomic E-state index is 11.9. The molecule has 1 N–H and O–H groups in total. The van der Waals surface area contributed by atoms with E-state index in [9.17, 15) is 9.59 Å². The Morgan fingerprint density at radius 3 is 2.71 bits per heavy atom. The summed E-state index contributed by atoms with van der Waals surface area (Å²) in [5, 5.41) is 0. The van der Waals surface area contributed by atoms with Gasteiger partial charge in [0.25, 0.3) is 5.56 Å².